The fourth-order valence-corrected chi connectivity index (χ4v) is 3.31. The van der Waals surface area contributed by atoms with E-state index in [1.54, 1.807) is 43.3 Å². The minimum absolute atomic E-state index is 0.0116. The molecule has 3 N–H and O–H groups in total. The molecule has 2 aromatic rings. The van der Waals surface area contributed by atoms with Crippen LogP contribution in [-0.4, -0.2) is 37.2 Å². The Hall–Kier alpha value is -3.55. The standard InChI is InChI=1S/C27H37N3O5/c1-6-8-9-23(28-22-16-12-20(13-17-22)25(32)34-7-2)18-35-26(33)30-29-24(31)19-10-14-21(15-11-19)27(3,4)5/h10-17,23,28H,6-9,18H2,1-5H3,(H,29,31)(H,30,33). The van der Waals surface area contributed by atoms with Crippen molar-refractivity contribution < 1.29 is 23.9 Å². The van der Waals surface area contributed by atoms with E-state index < -0.39 is 12.0 Å². The Balaban J connectivity index is 1.85. The maximum atomic E-state index is 12.3. The predicted molar refractivity (Wildman–Crippen MR) is 136 cm³/mol. The monoisotopic (exact) mass is 483 g/mol. The quantitative estimate of drug-likeness (QED) is 0.317. The third-order valence-electron chi connectivity index (χ3n) is 5.38. The Bertz CT molecular complexity index is 966. The van der Waals surface area contributed by atoms with Crippen LogP contribution in [-0.2, 0) is 14.9 Å². The van der Waals surface area contributed by atoms with E-state index in [0.717, 1.165) is 30.5 Å². The summed E-state index contributed by atoms with van der Waals surface area (Å²) in [6.07, 6.45) is 1.99. The lowest BCUT2D eigenvalue weighted by molar-refractivity contribution is 0.0526. The summed E-state index contributed by atoms with van der Waals surface area (Å²) >= 11 is 0. The molecule has 0 bridgehead atoms. The number of hydrogen-bond acceptors (Lipinski definition) is 6. The van der Waals surface area contributed by atoms with Crippen LogP contribution < -0.4 is 16.2 Å². The third kappa shape index (κ3) is 9.31. The molecule has 0 saturated heterocycles. The fourth-order valence-electron chi connectivity index (χ4n) is 3.31. The van der Waals surface area contributed by atoms with Crippen molar-refractivity contribution in [3.63, 3.8) is 0 Å². The van der Waals surface area contributed by atoms with Gasteiger partial charge in [0.15, 0.2) is 0 Å². The molecule has 1 atom stereocenters. The van der Waals surface area contributed by atoms with Gasteiger partial charge in [0.05, 0.1) is 18.2 Å². The molecular formula is C27H37N3O5. The highest BCUT2D eigenvalue weighted by atomic mass is 16.6. The van der Waals surface area contributed by atoms with Gasteiger partial charge in [-0.15, -0.1) is 0 Å². The number of nitrogens with one attached hydrogen (secondary N) is 3. The lowest BCUT2D eigenvalue weighted by atomic mass is 9.87. The molecule has 2 rings (SSSR count). The molecule has 0 aliphatic heterocycles. The van der Waals surface area contributed by atoms with Gasteiger partial charge in [-0.25, -0.2) is 15.0 Å². The summed E-state index contributed by atoms with van der Waals surface area (Å²) < 4.78 is 10.3. The number of carbonyl (C=O) groups is 3. The van der Waals surface area contributed by atoms with Crippen molar-refractivity contribution in [3.05, 3.63) is 65.2 Å². The molecule has 8 nitrogen and oxygen atoms in total. The van der Waals surface area contributed by atoms with E-state index in [9.17, 15) is 14.4 Å². The Kier molecular flexibility index (Phi) is 10.6. The number of amides is 2. The van der Waals surface area contributed by atoms with Crippen LogP contribution >= 0.6 is 0 Å². The molecule has 0 aromatic heterocycles. The van der Waals surface area contributed by atoms with E-state index in [-0.39, 0.29) is 24.0 Å². The van der Waals surface area contributed by atoms with E-state index in [1.807, 2.05) is 12.1 Å². The molecule has 0 saturated carbocycles. The Morgan fingerprint density at radius 1 is 0.857 bits per heavy atom. The van der Waals surface area contributed by atoms with Crippen LogP contribution in [0.5, 0.6) is 0 Å². The molecule has 8 heteroatoms. The fraction of sp³-hybridized carbons (Fsp3) is 0.444. The molecule has 0 fully saturated rings. The van der Waals surface area contributed by atoms with Gasteiger partial charge >= 0.3 is 12.1 Å². The lowest BCUT2D eigenvalue weighted by Crippen LogP contribution is -2.43. The molecule has 0 aliphatic carbocycles. The number of rotatable bonds is 10. The van der Waals surface area contributed by atoms with Crippen molar-refractivity contribution in [1.29, 1.82) is 0 Å². The summed E-state index contributed by atoms with van der Waals surface area (Å²) in [7, 11) is 0. The van der Waals surface area contributed by atoms with Gasteiger partial charge in [0.2, 0.25) is 0 Å². The van der Waals surface area contributed by atoms with Crippen LogP contribution in [0.2, 0.25) is 0 Å². The average molecular weight is 484 g/mol. The summed E-state index contributed by atoms with van der Waals surface area (Å²) in [5.74, 6) is -0.793. The van der Waals surface area contributed by atoms with Crippen molar-refractivity contribution in [2.75, 3.05) is 18.5 Å². The highest BCUT2D eigenvalue weighted by Gasteiger charge is 2.16. The molecule has 2 aromatic carbocycles. The molecule has 0 heterocycles. The van der Waals surface area contributed by atoms with Crippen LogP contribution in [0.1, 0.15) is 80.2 Å². The summed E-state index contributed by atoms with van der Waals surface area (Å²) in [6, 6.07) is 14.1. The first-order valence-corrected chi connectivity index (χ1v) is 12.0. The zero-order valence-corrected chi connectivity index (χ0v) is 21.3. The zero-order valence-electron chi connectivity index (χ0n) is 21.3. The minimum atomic E-state index is -0.745. The first-order chi connectivity index (χ1) is 16.6. The zero-order chi connectivity index (χ0) is 25.8. The highest BCUT2D eigenvalue weighted by Crippen LogP contribution is 2.22. The van der Waals surface area contributed by atoms with E-state index in [0.29, 0.717) is 17.7 Å². The SMILES string of the molecule is CCCCC(COC(=O)NNC(=O)c1ccc(C(C)(C)C)cc1)Nc1ccc(C(=O)OCC)cc1. The predicted octanol–water partition coefficient (Wildman–Crippen LogP) is 5.20. The number of hydrogen-bond donors (Lipinski definition) is 3. The molecule has 2 amide bonds. The number of esters is 1. The molecule has 0 aliphatic rings. The van der Waals surface area contributed by atoms with Gasteiger partial charge in [-0.1, -0.05) is 52.7 Å². The molecular weight excluding hydrogens is 446 g/mol. The molecule has 1 unspecified atom stereocenters. The lowest BCUT2D eigenvalue weighted by Gasteiger charge is -2.20. The third-order valence-corrected chi connectivity index (χ3v) is 5.38. The van der Waals surface area contributed by atoms with E-state index in [2.05, 4.69) is 43.9 Å². The van der Waals surface area contributed by atoms with Gasteiger partial charge in [-0.3, -0.25) is 10.2 Å². The van der Waals surface area contributed by atoms with Crippen LogP contribution in [0, 0.1) is 0 Å². The molecule has 0 spiro atoms. The van der Waals surface area contributed by atoms with Crippen molar-refractivity contribution in [2.24, 2.45) is 0 Å². The smallest absolute Gasteiger partial charge is 0.426 e. The topological polar surface area (TPSA) is 106 Å². The number of benzene rings is 2. The summed E-state index contributed by atoms with van der Waals surface area (Å²) in [6.45, 7) is 10.6. The summed E-state index contributed by atoms with van der Waals surface area (Å²) in [5.41, 5.74) is 7.48. The van der Waals surface area contributed by atoms with Gasteiger partial charge in [-0.05, 0) is 60.7 Å². The summed E-state index contributed by atoms with van der Waals surface area (Å²) in [5, 5.41) is 3.33. The van der Waals surface area contributed by atoms with Gasteiger partial charge in [0.1, 0.15) is 6.61 Å². The minimum Gasteiger partial charge on any atom is -0.462 e. The first kappa shape index (κ1) is 27.7. The van der Waals surface area contributed by atoms with Crippen molar-refractivity contribution in [2.45, 2.75) is 65.3 Å². The molecule has 0 radical (unpaired) electrons. The van der Waals surface area contributed by atoms with Crippen molar-refractivity contribution in [1.82, 2.24) is 10.9 Å². The highest BCUT2D eigenvalue weighted by molar-refractivity contribution is 5.95. The number of carbonyl (C=O) groups excluding carboxylic acids is 3. The Labute approximate surface area is 207 Å². The maximum Gasteiger partial charge on any atom is 0.426 e. The van der Waals surface area contributed by atoms with E-state index in [1.165, 1.54) is 0 Å². The average Bonchev–Trinajstić information content (AvgIpc) is 2.84. The van der Waals surface area contributed by atoms with Gasteiger partial charge in [-0.2, -0.15) is 0 Å². The Morgan fingerprint density at radius 3 is 2.06 bits per heavy atom. The number of hydrazine groups is 1. The molecule has 35 heavy (non-hydrogen) atoms. The first-order valence-electron chi connectivity index (χ1n) is 12.0. The van der Waals surface area contributed by atoms with Gasteiger partial charge < -0.3 is 14.8 Å². The van der Waals surface area contributed by atoms with Crippen molar-refractivity contribution >= 4 is 23.7 Å². The second-order valence-electron chi connectivity index (χ2n) is 9.29. The number of ether oxygens (including phenoxy) is 2. The van der Waals surface area contributed by atoms with Crippen LogP contribution in [0.15, 0.2) is 48.5 Å². The number of anilines is 1. The van der Waals surface area contributed by atoms with Crippen LogP contribution in [0.4, 0.5) is 10.5 Å². The molecule has 190 valence electrons. The second kappa shape index (κ2) is 13.4. The largest absolute Gasteiger partial charge is 0.462 e. The van der Waals surface area contributed by atoms with Gasteiger partial charge in [0, 0.05) is 11.3 Å². The normalized spacial score (nSPS) is 11.8. The van der Waals surface area contributed by atoms with Crippen molar-refractivity contribution in [3.8, 4) is 0 Å². The Morgan fingerprint density at radius 2 is 1.49 bits per heavy atom. The maximum absolute atomic E-state index is 12.3. The van der Waals surface area contributed by atoms with Crippen LogP contribution in [0.3, 0.4) is 0 Å². The second-order valence-corrected chi connectivity index (χ2v) is 9.29. The van der Waals surface area contributed by atoms with E-state index >= 15 is 0 Å². The van der Waals surface area contributed by atoms with Crippen LogP contribution in [0.25, 0.3) is 0 Å². The van der Waals surface area contributed by atoms with E-state index in [4.69, 9.17) is 9.47 Å². The summed E-state index contributed by atoms with van der Waals surface area (Å²) in [4.78, 5) is 36.3. The number of unbranched alkanes of at least 4 members (excludes halogenated alkanes) is 1. The van der Waals surface area contributed by atoms with Gasteiger partial charge in [0.25, 0.3) is 5.91 Å².